The van der Waals surface area contributed by atoms with Gasteiger partial charge in [0.1, 0.15) is 0 Å². The first-order valence-electron chi connectivity index (χ1n) is 3.54. The molecule has 1 nitrogen and oxygen atoms in total. The predicted octanol–water partition coefficient (Wildman–Crippen LogP) is 1.94. The third kappa shape index (κ3) is 1.02. The molecule has 1 aliphatic rings. The van der Waals surface area contributed by atoms with Crippen LogP contribution in [0.5, 0.6) is 0 Å². The fraction of sp³-hybridized carbons (Fsp3) is 1.00. The van der Waals surface area contributed by atoms with Gasteiger partial charge in [-0.2, -0.15) is 26.3 Å². The Labute approximate surface area is 77.7 Å². The van der Waals surface area contributed by atoms with Crippen LogP contribution in [0.25, 0.3) is 0 Å². The van der Waals surface area contributed by atoms with Crippen molar-refractivity contribution in [3.8, 4) is 0 Å². The van der Waals surface area contributed by atoms with Crippen LogP contribution in [0.2, 0.25) is 0 Å². The fourth-order valence-corrected chi connectivity index (χ4v) is 1.26. The summed E-state index contributed by atoms with van der Waals surface area (Å²) in [5.41, 5.74) is -4.99. The third-order valence-electron chi connectivity index (χ3n) is 2.29. The summed E-state index contributed by atoms with van der Waals surface area (Å²) in [4.78, 5) is 0. The molecule has 1 N–H and O–H groups in total. The summed E-state index contributed by atoms with van der Waals surface area (Å²) in [6.07, 6.45) is -4.47. The van der Waals surface area contributed by atoms with Crippen molar-refractivity contribution in [3.63, 3.8) is 0 Å². The molecule has 2 atom stereocenters. The first kappa shape index (κ1) is 12.5. The molecule has 0 aromatic carbocycles. The number of hydrogen-bond donors (Lipinski definition) is 1. The van der Waals surface area contributed by atoms with Crippen molar-refractivity contribution in [3.05, 3.63) is 0 Å². The molecule has 1 saturated carbocycles. The highest BCUT2D eigenvalue weighted by Gasteiger charge is 2.92. The third-order valence-corrected chi connectivity index (χ3v) is 2.29. The van der Waals surface area contributed by atoms with Gasteiger partial charge in [-0.25, -0.2) is 8.78 Å². The van der Waals surface area contributed by atoms with E-state index in [0.29, 0.717) is 0 Å². The fourth-order valence-electron chi connectivity index (χ4n) is 1.26. The van der Waals surface area contributed by atoms with Gasteiger partial charge >= 0.3 is 17.8 Å². The van der Waals surface area contributed by atoms with Gasteiger partial charge in [0, 0.05) is 0 Å². The Morgan fingerprint density at radius 2 is 1.27 bits per heavy atom. The molecule has 0 bridgehead atoms. The van der Waals surface area contributed by atoms with Gasteiger partial charge in [0.05, 0.1) is 6.61 Å². The summed E-state index contributed by atoms with van der Waals surface area (Å²) in [5, 5.41) is 8.03. The van der Waals surface area contributed by atoms with Crippen molar-refractivity contribution in [2.24, 2.45) is 0 Å². The second kappa shape index (κ2) is 2.74. The maximum absolute atomic E-state index is 12.9. The lowest BCUT2D eigenvalue weighted by Crippen LogP contribution is -2.54. The molecule has 2 unspecified atom stereocenters. The normalized spacial score (nSPS) is 41.8. The van der Waals surface area contributed by atoms with E-state index in [1.807, 2.05) is 0 Å². The average Bonchev–Trinajstić information content (AvgIpc) is 2.18. The Kier molecular flexibility index (Phi) is 2.28. The molecule has 15 heavy (non-hydrogen) atoms. The maximum atomic E-state index is 12.9. The number of aliphatic hydroxyl groups excluding tert-OH is 1. The minimum absolute atomic E-state index is 2.47. The van der Waals surface area contributed by atoms with Gasteiger partial charge in [-0.1, -0.05) is 0 Å². The van der Waals surface area contributed by atoms with Crippen molar-refractivity contribution in [2.75, 3.05) is 6.61 Å². The highest BCUT2D eigenvalue weighted by Crippen LogP contribution is 2.63. The van der Waals surface area contributed by atoms with Gasteiger partial charge in [-0.15, -0.1) is 0 Å². The van der Waals surface area contributed by atoms with Crippen LogP contribution in [0.1, 0.15) is 0 Å². The second-order valence-corrected chi connectivity index (χ2v) is 3.15. The van der Waals surface area contributed by atoms with Gasteiger partial charge in [0.2, 0.25) is 11.8 Å². The van der Waals surface area contributed by atoms with Gasteiger partial charge in [0.15, 0.2) is 0 Å². The molecule has 0 radical (unpaired) electrons. The Balaban J connectivity index is 3.41. The van der Waals surface area contributed by atoms with Crippen LogP contribution in [-0.4, -0.2) is 41.3 Å². The highest BCUT2D eigenvalue weighted by molar-refractivity contribution is 5.22. The Morgan fingerprint density at radius 1 is 0.867 bits per heavy atom. The summed E-state index contributed by atoms with van der Waals surface area (Å²) >= 11 is 0. The average molecular weight is 244 g/mol. The highest BCUT2D eigenvalue weighted by atomic mass is 19.4. The molecule has 0 aromatic heterocycles. The lowest BCUT2D eigenvalue weighted by molar-refractivity contribution is -0.290. The van der Waals surface area contributed by atoms with Crippen LogP contribution in [0.4, 0.5) is 35.1 Å². The maximum Gasteiger partial charge on any atom is 0.378 e. The molecule has 1 rings (SSSR count). The van der Waals surface area contributed by atoms with E-state index in [2.05, 4.69) is 0 Å². The van der Waals surface area contributed by atoms with Crippen LogP contribution in [0.3, 0.4) is 0 Å². The molecule has 0 aliphatic heterocycles. The molecule has 9 heteroatoms. The minimum Gasteiger partial charge on any atom is -0.393 e. The van der Waals surface area contributed by atoms with Gasteiger partial charge in [-0.05, 0) is 0 Å². The molecule has 0 saturated heterocycles. The monoisotopic (exact) mass is 244 g/mol. The summed E-state index contributed by atoms with van der Waals surface area (Å²) in [7, 11) is 0. The minimum atomic E-state index is -6.18. The van der Waals surface area contributed by atoms with Crippen molar-refractivity contribution >= 4 is 0 Å². The first-order chi connectivity index (χ1) is 6.47. The molecule has 90 valence electrons. The van der Waals surface area contributed by atoms with Crippen LogP contribution in [0.15, 0.2) is 0 Å². The summed E-state index contributed by atoms with van der Waals surface area (Å²) in [6, 6.07) is 0. The lowest BCUT2D eigenvalue weighted by Gasteiger charge is -2.26. The van der Waals surface area contributed by atoms with Gasteiger partial charge in [-0.3, -0.25) is 0 Å². The van der Waals surface area contributed by atoms with Crippen molar-refractivity contribution in [2.45, 2.75) is 29.6 Å². The number of alkyl halides is 8. The van der Waals surface area contributed by atoms with Crippen LogP contribution >= 0.6 is 0 Å². The molecule has 0 aromatic rings. The number of halogens is 8. The first-order valence-corrected chi connectivity index (χ1v) is 3.54. The molecular formula is C6H4F8O. The quantitative estimate of drug-likeness (QED) is 0.699. The number of aliphatic hydroxyl groups is 1. The van der Waals surface area contributed by atoms with Crippen molar-refractivity contribution in [1.29, 1.82) is 0 Å². The van der Waals surface area contributed by atoms with E-state index in [9.17, 15) is 35.1 Å². The molecule has 0 heterocycles. The molecule has 0 amide bonds. The van der Waals surface area contributed by atoms with E-state index in [-0.39, 0.29) is 0 Å². The summed E-state index contributed by atoms with van der Waals surface area (Å²) < 4.78 is 99.7. The van der Waals surface area contributed by atoms with E-state index in [4.69, 9.17) is 5.11 Å². The second-order valence-electron chi connectivity index (χ2n) is 3.15. The smallest absolute Gasteiger partial charge is 0.378 e. The Bertz CT molecular complexity index is 274. The van der Waals surface area contributed by atoms with E-state index in [0.717, 1.165) is 0 Å². The number of rotatable bonds is 1. The van der Waals surface area contributed by atoms with Gasteiger partial charge < -0.3 is 5.11 Å². The van der Waals surface area contributed by atoms with E-state index >= 15 is 0 Å². The van der Waals surface area contributed by atoms with Crippen LogP contribution in [0, 0.1) is 0 Å². The van der Waals surface area contributed by atoms with Crippen molar-refractivity contribution in [1.82, 2.24) is 0 Å². The van der Waals surface area contributed by atoms with E-state index in [1.165, 1.54) is 0 Å². The Morgan fingerprint density at radius 3 is 1.40 bits per heavy atom. The van der Waals surface area contributed by atoms with E-state index in [1.54, 1.807) is 0 Å². The van der Waals surface area contributed by atoms with Gasteiger partial charge in [0.25, 0.3) is 0 Å². The zero-order valence-corrected chi connectivity index (χ0v) is 6.76. The van der Waals surface area contributed by atoms with Crippen molar-refractivity contribution < 1.29 is 40.2 Å². The zero-order chi connectivity index (χ0) is 12.3. The van der Waals surface area contributed by atoms with Crippen LogP contribution < -0.4 is 0 Å². The standard InChI is InChI=1S/C6H4F8O/c7-2-3(8,1-15)5(11,12)6(13,14)4(2,9)10/h2,15H,1H2. The molecular weight excluding hydrogens is 240 g/mol. The number of hydrogen-bond acceptors (Lipinski definition) is 1. The topological polar surface area (TPSA) is 20.2 Å². The predicted molar refractivity (Wildman–Crippen MR) is 30.7 cm³/mol. The summed E-state index contributed by atoms with van der Waals surface area (Å²) in [6.45, 7) is -2.47. The van der Waals surface area contributed by atoms with E-state index < -0.39 is 36.2 Å². The molecule has 0 spiro atoms. The zero-order valence-electron chi connectivity index (χ0n) is 6.76. The largest absolute Gasteiger partial charge is 0.393 e. The Hall–Kier alpha value is -0.600. The summed E-state index contributed by atoms with van der Waals surface area (Å²) in [5.74, 6) is -18.0. The molecule has 1 aliphatic carbocycles. The SMILES string of the molecule is OCC1(F)C(F)C(F)(F)C(F)(F)C1(F)F. The molecule has 1 fully saturated rings. The van der Waals surface area contributed by atoms with Crippen LogP contribution in [-0.2, 0) is 0 Å². The lowest BCUT2D eigenvalue weighted by atomic mass is 10.0.